The average Bonchev–Trinajstić information content (AvgIpc) is 3.22. The van der Waals surface area contributed by atoms with Gasteiger partial charge in [-0.2, -0.15) is 0 Å². The minimum Gasteiger partial charge on any atom is -0.490 e. The van der Waals surface area contributed by atoms with Gasteiger partial charge in [0.25, 0.3) is 0 Å². The van der Waals surface area contributed by atoms with Crippen LogP contribution in [0.2, 0.25) is 0 Å². The van der Waals surface area contributed by atoms with Gasteiger partial charge < -0.3 is 19.9 Å². The molecule has 6 nitrogen and oxygen atoms in total. The van der Waals surface area contributed by atoms with Crippen LogP contribution in [0.4, 0.5) is 5.69 Å². The number of nitrogens with zero attached hydrogens (tertiary/aromatic N) is 3. The molecule has 1 fully saturated rings. The van der Waals surface area contributed by atoms with Crippen molar-refractivity contribution < 1.29 is 9.53 Å². The lowest BCUT2D eigenvalue weighted by Gasteiger charge is -2.34. The Labute approximate surface area is 201 Å². The van der Waals surface area contributed by atoms with Crippen molar-refractivity contribution in [2.75, 3.05) is 37.6 Å². The molecule has 1 amide bonds. The first-order valence-corrected chi connectivity index (χ1v) is 10.9. The summed E-state index contributed by atoms with van der Waals surface area (Å²) in [4.78, 5) is 21.6. The highest BCUT2D eigenvalue weighted by Crippen LogP contribution is 2.27. The predicted octanol–water partition coefficient (Wildman–Crippen LogP) is 3.70. The number of nitrogens with one attached hydrogen (secondary N) is 1. The number of amides is 1. The molecule has 0 saturated carbocycles. The molecule has 2 heterocycles. The Morgan fingerprint density at radius 2 is 1.77 bits per heavy atom. The number of ether oxygens (including phenoxy) is 1. The van der Waals surface area contributed by atoms with Crippen LogP contribution in [-0.4, -0.2) is 55.6 Å². The summed E-state index contributed by atoms with van der Waals surface area (Å²) in [7, 11) is 0. The van der Waals surface area contributed by atoms with E-state index in [0.717, 1.165) is 62.8 Å². The van der Waals surface area contributed by atoms with Crippen LogP contribution >= 0.6 is 24.0 Å². The van der Waals surface area contributed by atoms with Crippen LogP contribution in [0.15, 0.2) is 59.6 Å². The number of fused-ring (bicyclic) bond motifs is 1. The number of aliphatic imine (C=N–C) groups is 1. The molecule has 166 valence electrons. The predicted molar refractivity (Wildman–Crippen MR) is 136 cm³/mol. The third kappa shape index (κ3) is 5.90. The molecule has 0 atom stereocenters. The largest absolute Gasteiger partial charge is 0.490 e. The van der Waals surface area contributed by atoms with E-state index in [0.29, 0.717) is 0 Å². The van der Waals surface area contributed by atoms with E-state index in [4.69, 9.17) is 4.74 Å². The van der Waals surface area contributed by atoms with Crippen molar-refractivity contribution in [3.05, 3.63) is 60.2 Å². The maximum Gasteiger partial charge on any atom is 0.248 e. The molecule has 1 saturated heterocycles. The molecular weight excluding hydrogens is 503 g/mol. The van der Waals surface area contributed by atoms with Crippen LogP contribution in [-0.2, 0) is 11.2 Å². The quantitative estimate of drug-likeness (QED) is 0.361. The van der Waals surface area contributed by atoms with Gasteiger partial charge in [-0.25, -0.2) is 4.99 Å². The molecule has 2 aromatic rings. The second-order valence-electron chi connectivity index (χ2n) is 7.71. The fourth-order valence-electron chi connectivity index (χ4n) is 4.13. The standard InChI is InChI=1S/C24H30N4O2.HI/c1-2-25-24(26-18-23(29)28-17-12-19-8-6-7-11-22(19)28)27-15-13-21(14-16-27)30-20-9-4-3-5-10-20;/h3-11,21H,2,12-18H2,1H3,(H,25,26);1H. The molecule has 2 aliphatic heterocycles. The summed E-state index contributed by atoms with van der Waals surface area (Å²) in [6.45, 7) is 5.47. The summed E-state index contributed by atoms with van der Waals surface area (Å²) >= 11 is 0. The second-order valence-corrected chi connectivity index (χ2v) is 7.71. The van der Waals surface area contributed by atoms with Crippen molar-refractivity contribution in [1.82, 2.24) is 10.2 Å². The lowest BCUT2D eigenvalue weighted by molar-refractivity contribution is -0.117. The number of rotatable bonds is 5. The van der Waals surface area contributed by atoms with Gasteiger partial charge in [0.1, 0.15) is 18.4 Å². The first-order chi connectivity index (χ1) is 14.7. The maximum atomic E-state index is 12.8. The monoisotopic (exact) mass is 534 g/mol. The van der Waals surface area contributed by atoms with Gasteiger partial charge in [0.2, 0.25) is 5.91 Å². The molecule has 31 heavy (non-hydrogen) atoms. The maximum absolute atomic E-state index is 12.8. The van der Waals surface area contributed by atoms with E-state index in [1.165, 1.54) is 5.56 Å². The van der Waals surface area contributed by atoms with Gasteiger partial charge in [-0.3, -0.25) is 4.79 Å². The fraction of sp³-hybridized carbons (Fsp3) is 0.417. The SMILES string of the molecule is CCNC(=NCC(=O)N1CCc2ccccc21)N1CCC(Oc2ccccc2)CC1.I. The highest BCUT2D eigenvalue weighted by Gasteiger charge is 2.25. The van der Waals surface area contributed by atoms with Crippen molar-refractivity contribution in [3.8, 4) is 5.75 Å². The molecule has 0 aromatic heterocycles. The third-order valence-corrected chi connectivity index (χ3v) is 5.67. The number of benzene rings is 2. The summed E-state index contributed by atoms with van der Waals surface area (Å²) < 4.78 is 6.09. The number of halogens is 1. The number of likely N-dealkylation sites (tertiary alicyclic amines) is 1. The Morgan fingerprint density at radius 1 is 1.06 bits per heavy atom. The van der Waals surface area contributed by atoms with Crippen LogP contribution in [0.5, 0.6) is 5.75 Å². The molecule has 0 bridgehead atoms. The Hall–Kier alpha value is -2.29. The van der Waals surface area contributed by atoms with Crippen LogP contribution in [0.1, 0.15) is 25.3 Å². The molecular formula is C24H31IN4O2. The second kappa shape index (κ2) is 11.4. The van der Waals surface area contributed by atoms with Gasteiger partial charge >= 0.3 is 0 Å². The van der Waals surface area contributed by atoms with Gasteiger partial charge in [-0.1, -0.05) is 36.4 Å². The highest BCUT2D eigenvalue weighted by molar-refractivity contribution is 14.0. The molecule has 2 aromatic carbocycles. The normalized spacial score (nSPS) is 16.5. The van der Waals surface area contributed by atoms with E-state index in [9.17, 15) is 4.79 Å². The number of carbonyl (C=O) groups excluding carboxylic acids is 1. The highest BCUT2D eigenvalue weighted by atomic mass is 127. The molecule has 7 heteroatoms. The van der Waals surface area contributed by atoms with Crippen molar-refractivity contribution in [2.24, 2.45) is 4.99 Å². The Morgan fingerprint density at radius 3 is 2.52 bits per heavy atom. The number of carbonyl (C=O) groups is 1. The van der Waals surface area contributed by atoms with Crippen LogP contribution in [0.25, 0.3) is 0 Å². The van der Waals surface area contributed by atoms with E-state index < -0.39 is 0 Å². The van der Waals surface area contributed by atoms with E-state index in [1.54, 1.807) is 0 Å². The first kappa shape index (κ1) is 23.4. The first-order valence-electron chi connectivity index (χ1n) is 10.9. The fourth-order valence-corrected chi connectivity index (χ4v) is 4.13. The zero-order chi connectivity index (χ0) is 20.8. The smallest absolute Gasteiger partial charge is 0.248 e. The lowest BCUT2D eigenvalue weighted by Crippen LogP contribution is -2.48. The van der Waals surface area contributed by atoms with Crippen molar-refractivity contribution in [2.45, 2.75) is 32.3 Å². The summed E-state index contributed by atoms with van der Waals surface area (Å²) in [5.41, 5.74) is 2.27. The summed E-state index contributed by atoms with van der Waals surface area (Å²) in [5, 5.41) is 3.35. The number of hydrogen-bond donors (Lipinski definition) is 1. The number of guanidine groups is 1. The molecule has 0 unspecified atom stereocenters. The number of anilines is 1. The minimum absolute atomic E-state index is 0. The third-order valence-electron chi connectivity index (χ3n) is 5.67. The summed E-state index contributed by atoms with van der Waals surface area (Å²) in [6, 6.07) is 18.1. The van der Waals surface area contributed by atoms with Crippen molar-refractivity contribution in [1.29, 1.82) is 0 Å². The Balaban J connectivity index is 0.00000272. The summed E-state index contributed by atoms with van der Waals surface area (Å²) in [5.74, 6) is 1.79. The molecule has 1 N–H and O–H groups in total. The molecule has 2 aliphatic rings. The average molecular weight is 534 g/mol. The van der Waals surface area contributed by atoms with Gasteiger partial charge in [0.15, 0.2) is 5.96 Å². The number of hydrogen-bond acceptors (Lipinski definition) is 3. The van der Waals surface area contributed by atoms with Gasteiger partial charge in [0, 0.05) is 44.7 Å². The van der Waals surface area contributed by atoms with Gasteiger partial charge in [-0.05, 0) is 37.1 Å². The van der Waals surface area contributed by atoms with Crippen LogP contribution < -0.4 is 15.0 Å². The van der Waals surface area contributed by atoms with Crippen LogP contribution in [0.3, 0.4) is 0 Å². The van der Waals surface area contributed by atoms with Gasteiger partial charge in [-0.15, -0.1) is 24.0 Å². The Bertz CT molecular complexity index is 882. The van der Waals surface area contributed by atoms with Gasteiger partial charge in [0.05, 0.1) is 0 Å². The number of piperidine rings is 1. The zero-order valence-corrected chi connectivity index (χ0v) is 20.3. The minimum atomic E-state index is 0. The number of para-hydroxylation sites is 2. The molecule has 4 rings (SSSR count). The van der Waals surface area contributed by atoms with Crippen molar-refractivity contribution in [3.63, 3.8) is 0 Å². The molecule has 0 spiro atoms. The Kier molecular flexibility index (Phi) is 8.57. The van der Waals surface area contributed by atoms with E-state index >= 15 is 0 Å². The van der Waals surface area contributed by atoms with E-state index in [-0.39, 0.29) is 42.5 Å². The lowest BCUT2D eigenvalue weighted by atomic mass is 10.1. The molecule has 0 radical (unpaired) electrons. The molecule has 0 aliphatic carbocycles. The van der Waals surface area contributed by atoms with E-state index in [1.807, 2.05) is 53.4 Å². The summed E-state index contributed by atoms with van der Waals surface area (Å²) in [6.07, 6.45) is 3.01. The topological polar surface area (TPSA) is 57.2 Å². The van der Waals surface area contributed by atoms with Crippen LogP contribution in [0, 0.1) is 0 Å². The van der Waals surface area contributed by atoms with Crippen molar-refractivity contribution >= 4 is 41.5 Å². The van der Waals surface area contributed by atoms with E-state index in [2.05, 4.69) is 28.2 Å². The zero-order valence-electron chi connectivity index (χ0n) is 18.0.